The second-order valence-electron chi connectivity index (χ2n) is 5.87. The predicted octanol–water partition coefficient (Wildman–Crippen LogP) is 3.31. The second-order valence-corrected chi connectivity index (χ2v) is 7.91. The molecule has 0 saturated carbocycles. The minimum absolute atomic E-state index is 0.00319. The number of amidine groups is 1. The van der Waals surface area contributed by atoms with Gasteiger partial charge in [0.1, 0.15) is 16.7 Å². The summed E-state index contributed by atoms with van der Waals surface area (Å²) in [6, 6.07) is 5.09. The molecule has 0 radical (unpaired) electrons. The van der Waals surface area contributed by atoms with E-state index in [0.717, 1.165) is 0 Å². The smallest absolute Gasteiger partial charge is 0.242 e. The van der Waals surface area contributed by atoms with E-state index >= 15 is 0 Å². The number of methoxy groups -OCH3 is 2. The number of thiazole rings is 1. The van der Waals surface area contributed by atoms with Gasteiger partial charge in [0.05, 0.1) is 19.9 Å². The van der Waals surface area contributed by atoms with Crippen molar-refractivity contribution >= 4 is 50.9 Å². The van der Waals surface area contributed by atoms with Crippen molar-refractivity contribution in [2.24, 2.45) is 4.99 Å². The highest BCUT2D eigenvalue weighted by Gasteiger charge is 2.38. The first-order valence-corrected chi connectivity index (χ1v) is 10.4. The minimum Gasteiger partial charge on any atom is -0.497 e. The normalized spacial score (nSPS) is 17.4. The first-order chi connectivity index (χ1) is 14.0. The molecule has 0 aliphatic carbocycles. The van der Waals surface area contributed by atoms with E-state index in [2.05, 4.69) is 21.9 Å². The summed E-state index contributed by atoms with van der Waals surface area (Å²) in [7, 11) is 3.06. The van der Waals surface area contributed by atoms with E-state index in [0.29, 0.717) is 34.0 Å². The molecule has 2 heterocycles. The van der Waals surface area contributed by atoms with Crippen LogP contribution in [0.3, 0.4) is 0 Å². The van der Waals surface area contributed by atoms with Gasteiger partial charge in [-0.25, -0.2) is 4.98 Å². The zero-order valence-electron chi connectivity index (χ0n) is 16.0. The molecule has 3 rings (SSSR count). The topological polar surface area (TPSA) is 93.1 Å². The van der Waals surface area contributed by atoms with E-state index in [1.54, 1.807) is 37.6 Å². The van der Waals surface area contributed by atoms with Crippen molar-refractivity contribution in [3.63, 3.8) is 0 Å². The maximum atomic E-state index is 12.8. The molecule has 1 saturated heterocycles. The number of rotatable bonds is 8. The average Bonchev–Trinajstić information content (AvgIpc) is 3.32. The molecule has 29 heavy (non-hydrogen) atoms. The Hall–Kier alpha value is -2.85. The molecule has 1 aromatic carbocycles. The maximum absolute atomic E-state index is 12.8. The summed E-state index contributed by atoms with van der Waals surface area (Å²) in [5.41, 5.74) is 0.508. The van der Waals surface area contributed by atoms with Gasteiger partial charge in [-0.15, -0.1) is 17.9 Å². The Morgan fingerprint density at radius 2 is 2.24 bits per heavy atom. The highest BCUT2D eigenvalue weighted by molar-refractivity contribution is 8.15. The molecule has 1 atom stereocenters. The molecule has 1 N–H and O–H groups in total. The summed E-state index contributed by atoms with van der Waals surface area (Å²) in [4.78, 5) is 35.4. The van der Waals surface area contributed by atoms with Crippen molar-refractivity contribution in [1.82, 2.24) is 9.88 Å². The van der Waals surface area contributed by atoms with Gasteiger partial charge in [0, 0.05) is 30.6 Å². The molecule has 8 nitrogen and oxygen atoms in total. The van der Waals surface area contributed by atoms with Crippen LogP contribution in [0.4, 0.5) is 10.8 Å². The monoisotopic (exact) mass is 432 g/mol. The molecular weight excluding hydrogens is 412 g/mol. The highest BCUT2D eigenvalue weighted by atomic mass is 32.2. The third-order valence-electron chi connectivity index (χ3n) is 4.00. The number of carbonyl (C=O) groups excluding carboxylic acids is 2. The van der Waals surface area contributed by atoms with Crippen molar-refractivity contribution < 1.29 is 19.1 Å². The van der Waals surface area contributed by atoms with E-state index in [-0.39, 0.29) is 18.2 Å². The zero-order chi connectivity index (χ0) is 20.8. The largest absolute Gasteiger partial charge is 0.497 e. The van der Waals surface area contributed by atoms with Crippen LogP contribution in [0, 0.1) is 0 Å². The molecule has 1 aliphatic heterocycles. The number of ether oxygens (including phenoxy) is 2. The molecular formula is C19H20N4O4S2. The summed E-state index contributed by atoms with van der Waals surface area (Å²) in [5, 5.41) is 5.11. The number of anilines is 1. The molecule has 0 spiro atoms. The lowest BCUT2D eigenvalue weighted by Gasteiger charge is -2.14. The number of nitrogens with zero attached hydrogens (tertiary/aromatic N) is 3. The van der Waals surface area contributed by atoms with E-state index < -0.39 is 5.25 Å². The van der Waals surface area contributed by atoms with Crippen LogP contribution in [0.2, 0.25) is 0 Å². The van der Waals surface area contributed by atoms with Crippen LogP contribution < -0.4 is 14.8 Å². The molecule has 0 bridgehead atoms. The number of amides is 2. The number of aromatic nitrogens is 1. The average molecular weight is 433 g/mol. The van der Waals surface area contributed by atoms with E-state index in [1.807, 2.05) is 5.38 Å². The standard InChI is InChI=1S/C19H20N4O4S2/c1-4-8-23-17(25)15(29-19(23)22-18-20-7-9-28-18)11-16(24)21-13-6-5-12(26-2)10-14(13)27-3/h4-7,9-10,15H,1,8,11H2,2-3H3,(H,21,24). The van der Waals surface area contributed by atoms with Crippen molar-refractivity contribution in [2.45, 2.75) is 11.7 Å². The van der Waals surface area contributed by atoms with Crippen molar-refractivity contribution in [1.29, 1.82) is 0 Å². The minimum atomic E-state index is -0.571. The summed E-state index contributed by atoms with van der Waals surface area (Å²) in [6.07, 6.45) is 3.28. The zero-order valence-corrected chi connectivity index (χ0v) is 17.6. The van der Waals surface area contributed by atoms with Gasteiger partial charge in [0.15, 0.2) is 5.17 Å². The Balaban J connectivity index is 1.71. The lowest BCUT2D eigenvalue weighted by molar-refractivity contribution is -0.127. The Morgan fingerprint density at radius 1 is 1.41 bits per heavy atom. The second kappa shape index (κ2) is 9.57. The lowest BCUT2D eigenvalue weighted by atomic mass is 10.2. The van der Waals surface area contributed by atoms with Crippen molar-refractivity contribution in [3.05, 3.63) is 42.4 Å². The van der Waals surface area contributed by atoms with Gasteiger partial charge in [-0.3, -0.25) is 14.5 Å². The van der Waals surface area contributed by atoms with Crippen LogP contribution in [-0.4, -0.2) is 52.9 Å². The van der Waals surface area contributed by atoms with Crippen LogP contribution in [0.25, 0.3) is 0 Å². The number of hydrogen-bond donors (Lipinski definition) is 1. The van der Waals surface area contributed by atoms with Gasteiger partial charge in [-0.1, -0.05) is 17.8 Å². The van der Waals surface area contributed by atoms with E-state index in [1.165, 1.54) is 35.1 Å². The number of carbonyl (C=O) groups is 2. The van der Waals surface area contributed by atoms with Gasteiger partial charge >= 0.3 is 0 Å². The lowest BCUT2D eigenvalue weighted by Crippen LogP contribution is -2.33. The fraction of sp³-hybridized carbons (Fsp3) is 0.263. The SMILES string of the molecule is C=CCN1C(=O)C(CC(=O)Nc2ccc(OC)cc2OC)SC1=Nc1nccs1. The van der Waals surface area contributed by atoms with E-state index in [4.69, 9.17) is 9.47 Å². The molecule has 152 valence electrons. The van der Waals surface area contributed by atoms with Gasteiger partial charge in [-0.05, 0) is 12.1 Å². The number of benzene rings is 1. The van der Waals surface area contributed by atoms with Crippen LogP contribution in [0.5, 0.6) is 11.5 Å². The number of thioether (sulfide) groups is 1. The molecule has 1 unspecified atom stereocenters. The Kier molecular flexibility index (Phi) is 6.89. The molecule has 2 amide bonds. The molecule has 10 heteroatoms. The summed E-state index contributed by atoms with van der Waals surface area (Å²) >= 11 is 2.63. The number of hydrogen-bond acceptors (Lipinski definition) is 8. The highest BCUT2D eigenvalue weighted by Crippen LogP contribution is 2.33. The quantitative estimate of drug-likeness (QED) is 0.644. The van der Waals surface area contributed by atoms with Gasteiger partial charge < -0.3 is 14.8 Å². The maximum Gasteiger partial charge on any atom is 0.242 e. The van der Waals surface area contributed by atoms with Gasteiger partial charge in [0.25, 0.3) is 0 Å². The van der Waals surface area contributed by atoms with Crippen molar-refractivity contribution in [3.8, 4) is 11.5 Å². The molecule has 1 aliphatic rings. The molecule has 1 aromatic heterocycles. The number of aliphatic imine (C=N–C) groups is 1. The van der Waals surface area contributed by atoms with Gasteiger partial charge in [-0.2, -0.15) is 4.99 Å². The third kappa shape index (κ3) is 4.96. The Morgan fingerprint density at radius 3 is 2.90 bits per heavy atom. The fourth-order valence-electron chi connectivity index (χ4n) is 2.65. The molecule has 1 fully saturated rings. The Labute approximate surface area is 176 Å². The van der Waals surface area contributed by atoms with Crippen LogP contribution >= 0.6 is 23.1 Å². The van der Waals surface area contributed by atoms with Crippen LogP contribution in [0.1, 0.15) is 6.42 Å². The van der Waals surface area contributed by atoms with E-state index in [9.17, 15) is 9.59 Å². The summed E-state index contributed by atoms with van der Waals surface area (Å²) in [5.74, 6) is 0.613. The fourth-order valence-corrected chi connectivity index (χ4v) is 4.36. The predicted molar refractivity (Wildman–Crippen MR) is 115 cm³/mol. The summed E-state index contributed by atoms with van der Waals surface area (Å²) in [6.45, 7) is 4.01. The first-order valence-electron chi connectivity index (χ1n) is 8.64. The Bertz CT molecular complexity index is 930. The van der Waals surface area contributed by atoms with Crippen molar-refractivity contribution in [2.75, 3.05) is 26.1 Å². The number of nitrogens with one attached hydrogen (secondary N) is 1. The first kappa shape index (κ1) is 20.9. The summed E-state index contributed by atoms with van der Waals surface area (Å²) < 4.78 is 10.4. The molecule has 2 aromatic rings. The van der Waals surface area contributed by atoms with Crippen LogP contribution in [-0.2, 0) is 9.59 Å². The van der Waals surface area contributed by atoms with Gasteiger partial charge in [0.2, 0.25) is 16.9 Å². The third-order valence-corrected chi connectivity index (χ3v) is 5.84. The van der Waals surface area contributed by atoms with Crippen LogP contribution in [0.15, 0.2) is 47.4 Å².